The molecule has 1 heterocycles. The first-order chi connectivity index (χ1) is 14.6. The van der Waals surface area contributed by atoms with Crippen LogP contribution in [0.2, 0.25) is 0 Å². The molecule has 2 aromatic rings. The van der Waals surface area contributed by atoms with Crippen molar-refractivity contribution in [3.8, 4) is 5.75 Å². The number of benzene rings is 2. The Kier molecular flexibility index (Phi) is 6.54. The number of carbonyl (C=O) groups is 2. The predicted octanol–water partition coefficient (Wildman–Crippen LogP) is 2.92. The summed E-state index contributed by atoms with van der Waals surface area (Å²) >= 11 is 0. The topological polar surface area (TPSA) is 96.0 Å². The number of hydrogen-bond donors (Lipinski definition) is 1. The van der Waals surface area contributed by atoms with E-state index < -0.39 is 22.0 Å². The summed E-state index contributed by atoms with van der Waals surface area (Å²) in [7, 11) is -2.33. The minimum Gasteiger partial charge on any atom is -0.495 e. The van der Waals surface area contributed by atoms with E-state index in [2.05, 4.69) is 5.32 Å². The number of nitrogens with one attached hydrogen (secondary N) is 1. The molecule has 1 aliphatic rings. The molecule has 2 amide bonds. The van der Waals surface area contributed by atoms with Gasteiger partial charge in [0.2, 0.25) is 21.8 Å². The second-order valence-corrected chi connectivity index (χ2v) is 9.45. The van der Waals surface area contributed by atoms with Crippen LogP contribution in [0.15, 0.2) is 42.5 Å². The molecule has 1 fully saturated rings. The number of anilines is 3. The number of rotatable bonds is 7. The molecule has 0 aliphatic carbocycles. The summed E-state index contributed by atoms with van der Waals surface area (Å²) in [6.07, 6.45) is 2.43. The molecule has 0 spiro atoms. The van der Waals surface area contributed by atoms with E-state index in [0.29, 0.717) is 30.1 Å². The van der Waals surface area contributed by atoms with Crippen LogP contribution in [0.25, 0.3) is 0 Å². The van der Waals surface area contributed by atoms with Gasteiger partial charge in [-0.3, -0.25) is 13.9 Å². The third-order valence-electron chi connectivity index (χ3n) is 5.18. The Morgan fingerprint density at radius 2 is 1.87 bits per heavy atom. The molecular formula is C22H27N3O5S. The van der Waals surface area contributed by atoms with Crippen LogP contribution in [-0.4, -0.2) is 46.2 Å². The molecule has 3 rings (SSSR count). The number of carbonyl (C=O) groups excluding carboxylic acids is 2. The molecule has 8 nitrogen and oxygen atoms in total. The van der Waals surface area contributed by atoms with Crippen LogP contribution in [0.3, 0.4) is 0 Å². The normalized spacial score (nSPS) is 15.0. The summed E-state index contributed by atoms with van der Waals surface area (Å²) in [4.78, 5) is 26.5. The van der Waals surface area contributed by atoms with Gasteiger partial charge in [0.1, 0.15) is 11.8 Å². The van der Waals surface area contributed by atoms with Crippen molar-refractivity contribution in [1.29, 1.82) is 0 Å². The molecule has 0 radical (unpaired) electrons. The Morgan fingerprint density at radius 3 is 2.42 bits per heavy atom. The van der Waals surface area contributed by atoms with E-state index >= 15 is 0 Å². The van der Waals surface area contributed by atoms with Gasteiger partial charge in [0.15, 0.2) is 0 Å². The molecule has 1 aliphatic heterocycles. The maximum Gasteiger partial charge on any atom is 0.247 e. The maximum absolute atomic E-state index is 12.9. The zero-order chi connectivity index (χ0) is 22.8. The zero-order valence-electron chi connectivity index (χ0n) is 18.1. The Balaban J connectivity index is 1.83. The van der Waals surface area contributed by atoms with E-state index in [1.165, 1.54) is 14.0 Å². The fourth-order valence-electron chi connectivity index (χ4n) is 3.65. The predicted molar refractivity (Wildman–Crippen MR) is 121 cm³/mol. The van der Waals surface area contributed by atoms with Gasteiger partial charge in [-0.25, -0.2) is 8.42 Å². The summed E-state index contributed by atoms with van der Waals surface area (Å²) in [6.45, 7) is 4.04. The minimum atomic E-state index is -3.78. The molecule has 9 heteroatoms. The van der Waals surface area contributed by atoms with Gasteiger partial charge in [0.25, 0.3) is 0 Å². The lowest BCUT2D eigenvalue weighted by atomic mass is 10.2. The van der Waals surface area contributed by atoms with Crippen molar-refractivity contribution in [1.82, 2.24) is 0 Å². The monoisotopic (exact) mass is 445 g/mol. The first-order valence-electron chi connectivity index (χ1n) is 9.97. The quantitative estimate of drug-likeness (QED) is 0.707. The maximum atomic E-state index is 12.9. The molecular weight excluding hydrogens is 418 g/mol. The lowest BCUT2D eigenvalue weighted by Crippen LogP contribution is -2.45. The molecule has 1 N–H and O–H groups in total. The molecule has 0 bridgehead atoms. The molecule has 0 aromatic heterocycles. The number of ether oxygens (including phenoxy) is 1. The zero-order valence-corrected chi connectivity index (χ0v) is 18.9. The van der Waals surface area contributed by atoms with E-state index in [-0.39, 0.29) is 5.91 Å². The summed E-state index contributed by atoms with van der Waals surface area (Å²) in [5, 5.41) is 2.76. The van der Waals surface area contributed by atoms with Crippen LogP contribution in [0.1, 0.15) is 25.3 Å². The number of nitrogens with zero attached hydrogens (tertiary/aromatic N) is 2. The van der Waals surface area contributed by atoms with Crippen molar-refractivity contribution in [3.63, 3.8) is 0 Å². The summed E-state index contributed by atoms with van der Waals surface area (Å²) < 4.78 is 31.6. The lowest BCUT2D eigenvalue weighted by Gasteiger charge is -2.29. The molecule has 1 saturated heterocycles. The number of hydrogen-bond acceptors (Lipinski definition) is 5. The Morgan fingerprint density at radius 1 is 1.19 bits per heavy atom. The van der Waals surface area contributed by atoms with Crippen LogP contribution < -0.4 is 19.3 Å². The fourth-order valence-corrected chi connectivity index (χ4v) is 4.82. The van der Waals surface area contributed by atoms with Gasteiger partial charge < -0.3 is 15.0 Å². The summed E-state index contributed by atoms with van der Waals surface area (Å²) in [5.74, 6) is -0.0457. The standard InChI is InChI=1S/C22H27N3O5S/c1-15-7-12-20(30-3)19(14-15)25(31(4,28)29)16(2)22(27)23-17-8-10-18(11-9-17)24-13-5-6-21(24)26/h7-12,14,16H,5-6,13H2,1-4H3,(H,23,27). The highest BCUT2D eigenvalue weighted by molar-refractivity contribution is 7.92. The van der Waals surface area contributed by atoms with Gasteiger partial charge in [-0.05, 0) is 62.2 Å². The van der Waals surface area contributed by atoms with Crippen molar-refractivity contribution in [2.45, 2.75) is 32.7 Å². The molecule has 1 unspecified atom stereocenters. The fraction of sp³-hybridized carbons (Fsp3) is 0.364. The highest BCUT2D eigenvalue weighted by Crippen LogP contribution is 2.33. The van der Waals surface area contributed by atoms with Crippen molar-refractivity contribution in [3.05, 3.63) is 48.0 Å². The molecule has 2 aromatic carbocycles. The Hall–Kier alpha value is -3.07. The van der Waals surface area contributed by atoms with Crippen LogP contribution >= 0.6 is 0 Å². The Labute approximate surface area is 182 Å². The highest BCUT2D eigenvalue weighted by atomic mass is 32.2. The van der Waals surface area contributed by atoms with E-state index in [9.17, 15) is 18.0 Å². The van der Waals surface area contributed by atoms with Crippen molar-refractivity contribution < 1.29 is 22.7 Å². The smallest absolute Gasteiger partial charge is 0.247 e. The van der Waals surface area contributed by atoms with E-state index in [1.807, 2.05) is 6.92 Å². The average molecular weight is 446 g/mol. The molecule has 166 valence electrons. The first kappa shape index (κ1) is 22.6. The van der Waals surface area contributed by atoms with E-state index in [4.69, 9.17) is 4.74 Å². The van der Waals surface area contributed by atoms with Gasteiger partial charge in [-0.2, -0.15) is 0 Å². The molecule has 1 atom stereocenters. The number of aryl methyl sites for hydroxylation is 1. The average Bonchev–Trinajstić information content (AvgIpc) is 3.13. The number of sulfonamides is 1. The van der Waals surface area contributed by atoms with Gasteiger partial charge in [0.05, 0.1) is 19.1 Å². The molecule has 0 saturated carbocycles. The van der Waals surface area contributed by atoms with Gasteiger partial charge in [-0.1, -0.05) is 6.07 Å². The largest absolute Gasteiger partial charge is 0.495 e. The van der Waals surface area contributed by atoms with Crippen LogP contribution in [-0.2, 0) is 19.6 Å². The first-order valence-corrected chi connectivity index (χ1v) is 11.8. The minimum absolute atomic E-state index is 0.0845. The summed E-state index contributed by atoms with van der Waals surface area (Å²) in [5.41, 5.74) is 2.42. The second-order valence-electron chi connectivity index (χ2n) is 7.60. The van der Waals surface area contributed by atoms with E-state index in [0.717, 1.165) is 28.2 Å². The van der Waals surface area contributed by atoms with Gasteiger partial charge >= 0.3 is 0 Å². The Bertz CT molecular complexity index is 1080. The van der Waals surface area contributed by atoms with Crippen LogP contribution in [0, 0.1) is 6.92 Å². The number of methoxy groups -OCH3 is 1. The van der Waals surface area contributed by atoms with Crippen LogP contribution in [0.4, 0.5) is 17.1 Å². The van der Waals surface area contributed by atoms with Crippen molar-refractivity contribution in [2.24, 2.45) is 0 Å². The number of amides is 2. The molecule has 31 heavy (non-hydrogen) atoms. The lowest BCUT2D eigenvalue weighted by molar-refractivity contribution is -0.117. The SMILES string of the molecule is COc1ccc(C)cc1N(C(C)C(=O)Nc1ccc(N2CCCC2=O)cc1)S(C)(=O)=O. The van der Waals surface area contributed by atoms with Gasteiger partial charge in [0, 0.05) is 24.3 Å². The highest BCUT2D eigenvalue weighted by Gasteiger charge is 2.31. The van der Waals surface area contributed by atoms with Crippen molar-refractivity contribution in [2.75, 3.05) is 34.4 Å². The van der Waals surface area contributed by atoms with Crippen LogP contribution in [0.5, 0.6) is 5.75 Å². The second kappa shape index (κ2) is 8.97. The third-order valence-corrected chi connectivity index (χ3v) is 6.41. The summed E-state index contributed by atoms with van der Waals surface area (Å²) in [6, 6.07) is 11.1. The van der Waals surface area contributed by atoms with E-state index in [1.54, 1.807) is 47.4 Å². The van der Waals surface area contributed by atoms with Gasteiger partial charge in [-0.15, -0.1) is 0 Å². The van der Waals surface area contributed by atoms with Crippen molar-refractivity contribution >= 4 is 38.9 Å². The third kappa shape index (κ3) is 4.99.